The van der Waals surface area contributed by atoms with Crippen molar-refractivity contribution in [3.8, 4) is 11.8 Å². The van der Waals surface area contributed by atoms with E-state index in [2.05, 4.69) is 22.1 Å². The highest BCUT2D eigenvalue weighted by Gasteiger charge is 2.34. The minimum atomic E-state index is -0.366. The van der Waals surface area contributed by atoms with Crippen LogP contribution >= 0.6 is 0 Å². The second kappa shape index (κ2) is 8.41. The fourth-order valence-corrected chi connectivity index (χ4v) is 3.13. The minimum Gasteiger partial charge on any atom is -0.326 e. The fraction of sp³-hybridized carbons (Fsp3) is 0.0833. The van der Waals surface area contributed by atoms with Crippen molar-refractivity contribution < 1.29 is 14.4 Å². The van der Waals surface area contributed by atoms with Gasteiger partial charge in [-0.1, -0.05) is 30.2 Å². The minimum absolute atomic E-state index is 0.00924. The normalized spacial score (nSPS) is 12.2. The van der Waals surface area contributed by atoms with Gasteiger partial charge in [0.1, 0.15) is 5.69 Å². The van der Waals surface area contributed by atoms with Gasteiger partial charge in [0.2, 0.25) is 5.91 Å². The maximum atomic E-state index is 12.4. The van der Waals surface area contributed by atoms with Crippen molar-refractivity contribution >= 4 is 23.4 Å². The fourth-order valence-electron chi connectivity index (χ4n) is 3.13. The molecule has 4 rings (SSSR count). The van der Waals surface area contributed by atoms with Crippen LogP contribution in [0.15, 0.2) is 72.9 Å². The summed E-state index contributed by atoms with van der Waals surface area (Å²) in [4.78, 5) is 42.3. The molecule has 0 radical (unpaired) electrons. The van der Waals surface area contributed by atoms with Gasteiger partial charge >= 0.3 is 0 Å². The van der Waals surface area contributed by atoms with E-state index in [1.807, 2.05) is 24.3 Å². The van der Waals surface area contributed by atoms with Gasteiger partial charge in [-0.2, -0.15) is 0 Å². The number of fused-ring (bicyclic) bond motifs is 1. The molecule has 146 valence electrons. The van der Waals surface area contributed by atoms with Crippen molar-refractivity contribution in [1.29, 1.82) is 0 Å². The second-order valence-electron chi connectivity index (χ2n) is 6.65. The highest BCUT2D eigenvalue weighted by atomic mass is 16.2. The Kier molecular flexibility index (Phi) is 5.35. The van der Waals surface area contributed by atoms with Gasteiger partial charge in [0.05, 0.1) is 11.1 Å². The first kappa shape index (κ1) is 19.1. The average molecular weight is 395 g/mol. The number of carbonyl (C=O) groups excluding carboxylic acids is 3. The molecule has 0 unspecified atom stereocenters. The third-order valence-corrected chi connectivity index (χ3v) is 4.59. The lowest BCUT2D eigenvalue weighted by molar-refractivity contribution is -0.116. The Hall–Kier alpha value is -4.24. The number of carbonyl (C=O) groups is 3. The summed E-state index contributed by atoms with van der Waals surface area (Å²) in [5.74, 6) is 4.96. The molecule has 2 heterocycles. The van der Waals surface area contributed by atoms with Crippen molar-refractivity contribution in [2.45, 2.75) is 6.42 Å². The number of hydrogen-bond acceptors (Lipinski definition) is 4. The van der Waals surface area contributed by atoms with Crippen LogP contribution in [0.5, 0.6) is 0 Å². The van der Waals surface area contributed by atoms with E-state index in [4.69, 9.17) is 0 Å². The number of aromatic nitrogens is 1. The van der Waals surface area contributed by atoms with Crippen molar-refractivity contribution in [3.05, 3.63) is 95.3 Å². The van der Waals surface area contributed by atoms with Crippen LogP contribution in [0, 0.1) is 11.8 Å². The molecule has 1 aliphatic heterocycles. The molecule has 1 aromatic heterocycles. The number of benzene rings is 2. The van der Waals surface area contributed by atoms with E-state index in [1.54, 1.807) is 48.7 Å². The van der Waals surface area contributed by atoms with Gasteiger partial charge in [0.15, 0.2) is 0 Å². The summed E-state index contributed by atoms with van der Waals surface area (Å²) in [6.07, 6.45) is 1.68. The van der Waals surface area contributed by atoms with E-state index in [0.717, 1.165) is 10.5 Å². The summed E-state index contributed by atoms with van der Waals surface area (Å²) in [6.45, 7) is 0.0252. The summed E-state index contributed by atoms with van der Waals surface area (Å²) < 4.78 is 0. The molecular formula is C24H17N3O3. The molecule has 0 aliphatic carbocycles. The van der Waals surface area contributed by atoms with Gasteiger partial charge in [-0.3, -0.25) is 19.3 Å². The van der Waals surface area contributed by atoms with Gasteiger partial charge in [-0.05, 0) is 48.4 Å². The third kappa shape index (κ3) is 4.10. The first-order chi connectivity index (χ1) is 14.6. The number of nitrogens with one attached hydrogen (secondary N) is 1. The first-order valence-corrected chi connectivity index (χ1v) is 9.40. The zero-order chi connectivity index (χ0) is 20.9. The largest absolute Gasteiger partial charge is 0.326 e. The molecule has 0 saturated heterocycles. The van der Waals surface area contributed by atoms with Crippen LogP contribution in [0.4, 0.5) is 5.69 Å². The molecule has 2 aromatic carbocycles. The monoisotopic (exact) mass is 395 g/mol. The Balaban J connectivity index is 1.37. The Bertz CT molecular complexity index is 1160. The molecule has 0 atom stereocenters. The maximum absolute atomic E-state index is 12.4. The third-order valence-electron chi connectivity index (χ3n) is 4.59. The van der Waals surface area contributed by atoms with E-state index in [0.29, 0.717) is 22.5 Å². The summed E-state index contributed by atoms with van der Waals surface area (Å²) in [6, 6.07) is 19.3. The molecule has 0 fully saturated rings. The number of amides is 3. The standard InChI is InChI=1S/C24H17N3O3/c28-22(13-15-27-23(29)20-9-1-2-10-21(20)24(27)30)26-19-8-5-6-17(16-19)11-12-18-7-3-4-14-25-18/h1-10,14,16H,13,15H2,(H,26,28). The second-order valence-corrected chi connectivity index (χ2v) is 6.65. The summed E-state index contributed by atoms with van der Waals surface area (Å²) in [5, 5.41) is 2.78. The van der Waals surface area contributed by atoms with Crippen molar-refractivity contribution in [2.75, 3.05) is 11.9 Å². The Morgan fingerprint density at radius 3 is 2.33 bits per heavy atom. The smallest absolute Gasteiger partial charge is 0.261 e. The Morgan fingerprint density at radius 1 is 0.900 bits per heavy atom. The van der Waals surface area contributed by atoms with Crippen LogP contribution in [0.25, 0.3) is 0 Å². The van der Waals surface area contributed by atoms with E-state index in [-0.39, 0.29) is 30.7 Å². The highest BCUT2D eigenvalue weighted by Crippen LogP contribution is 2.22. The zero-order valence-corrected chi connectivity index (χ0v) is 16.0. The highest BCUT2D eigenvalue weighted by molar-refractivity contribution is 6.21. The Morgan fingerprint density at radius 2 is 1.63 bits per heavy atom. The maximum Gasteiger partial charge on any atom is 0.261 e. The molecule has 6 nitrogen and oxygen atoms in total. The van der Waals surface area contributed by atoms with Crippen LogP contribution in [0.1, 0.15) is 38.4 Å². The quantitative estimate of drug-likeness (QED) is 0.544. The summed E-state index contributed by atoms with van der Waals surface area (Å²) in [7, 11) is 0. The molecule has 0 bridgehead atoms. The lowest BCUT2D eigenvalue weighted by Gasteiger charge is -2.13. The van der Waals surface area contributed by atoms with Crippen LogP contribution in [0.2, 0.25) is 0 Å². The predicted molar refractivity (Wildman–Crippen MR) is 112 cm³/mol. The Labute approximate surface area is 173 Å². The summed E-state index contributed by atoms with van der Waals surface area (Å²) >= 11 is 0. The molecule has 1 aliphatic rings. The lowest BCUT2D eigenvalue weighted by atomic mass is 10.1. The number of imide groups is 1. The van der Waals surface area contributed by atoms with Gasteiger partial charge in [-0.15, -0.1) is 0 Å². The molecule has 3 amide bonds. The van der Waals surface area contributed by atoms with Crippen molar-refractivity contribution in [2.24, 2.45) is 0 Å². The number of nitrogens with zero attached hydrogens (tertiary/aromatic N) is 2. The summed E-state index contributed by atoms with van der Waals surface area (Å²) in [5.41, 5.74) is 2.74. The van der Waals surface area contributed by atoms with E-state index < -0.39 is 0 Å². The van der Waals surface area contributed by atoms with Crippen LogP contribution in [0.3, 0.4) is 0 Å². The number of anilines is 1. The van der Waals surface area contributed by atoms with Crippen molar-refractivity contribution in [1.82, 2.24) is 9.88 Å². The van der Waals surface area contributed by atoms with Crippen LogP contribution < -0.4 is 5.32 Å². The number of hydrogen-bond donors (Lipinski definition) is 1. The molecule has 0 spiro atoms. The van der Waals surface area contributed by atoms with Gasteiger partial charge < -0.3 is 5.32 Å². The average Bonchev–Trinajstić information content (AvgIpc) is 3.02. The topological polar surface area (TPSA) is 79.4 Å². The molecule has 30 heavy (non-hydrogen) atoms. The van der Waals surface area contributed by atoms with Crippen LogP contribution in [-0.4, -0.2) is 34.2 Å². The molecule has 1 N–H and O–H groups in total. The van der Waals surface area contributed by atoms with Crippen molar-refractivity contribution in [3.63, 3.8) is 0 Å². The van der Waals surface area contributed by atoms with E-state index in [9.17, 15) is 14.4 Å². The zero-order valence-electron chi connectivity index (χ0n) is 16.0. The van der Waals surface area contributed by atoms with Gasteiger partial charge in [-0.25, -0.2) is 4.98 Å². The molecule has 0 saturated carbocycles. The van der Waals surface area contributed by atoms with Gasteiger partial charge in [0, 0.05) is 30.4 Å². The van der Waals surface area contributed by atoms with E-state index in [1.165, 1.54) is 0 Å². The lowest BCUT2D eigenvalue weighted by Crippen LogP contribution is -2.32. The number of pyridine rings is 1. The number of rotatable bonds is 4. The molecule has 6 heteroatoms. The molecular weight excluding hydrogens is 378 g/mol. The van der Waals surface area contributed by atoms with Crippen LogP contribution in [-0.2, 0) is 4.79 Å². The molecule has 3 aromatic rings. The SMILES string of the molecule is O=C(CCN1C(=O)c2ccccc2C1=O)Nc1cccc(C#Cc2ccccn2)c1. The van der Waals surface area contributed by atoms with Gasteiger partial charge in [0.25, 0.3) is 11.8 Å². The first-order valence-electron chi connectivity index (χ1n) is 9.40. The predicted octanol–water partition coefficient (Wildman–Crippen LogP) is 3.11. The van der Waals surface area contributed by atoms with E-state index >= 15 is 0 Å².